The lowest BCUT2D eigenvalue weighted by atomic mass is 10.0. The van der Waals surface area contributed by atoms with Gasteiger partial charge in [0, 0.05) is 12.8 Å². The van der Waals surface area contributed by atoms with Gasteiger partial charge in [0.05, 0.1) is 25.4 Å². The fourth-order valence-corrected chi connectivity index (χ4v) is 12.9. The zero-order valence-corrected chi connectivity index (χ0v) is 59.3. The number of aliphatic hydroxyl groups excluding tert-OH is 2. The first-order chi connectivity index (χ1) is 43.0. The van der Waals surface area contributed by atoms with E-state index in [9.17, 15) is 19.8 Å². The van der Waals surface area contributed by atoms with Crippen LogP contribution < -0.4 is 5.32 Å². The van der Waals surface area contributed by atoms with Crippen LogP contribution >= 0.6 is 0 Å². The molecule has 0 radical (unpaired) electrons. The predicted molar refractivity (Wildman–Crippen MR) is 384 cm³/mol. The van der Waals surface area contributed by atoms with Crippen LogP contribution in [0.1, 0.15) is 457 Å². The van der Waals surface area contributed by atoms with E-state index in [1.165, 1.54) is 385 Å². The zero-order chi connectivity index (χ0) is 62.8. The number of carbonyl (C=O) groups excluding carboxylic acids is 2. The molecule has 0 saturated heterocycles. The van der Waals surface area contributed by atoms with E-state index >= 15 is 0 Å². The summed E-state index contributed by atoms with van der Waals surface area (Å²) in [5, 5.41) is 23.3. The molecule has 516 valence electrons. The Labute approximate surface area is 545 Å². The Hall–Kier alpha value is -1.66. The second-order valence-electron chi connectivity index (χ2n) is 27.8. The van der Waals surface area contributed by atoms with Crippen LogP contribution in [0.15, 0.2) is 24.3 Å². The van der Waals surface area contributed by atoms with Crippen molar-refractivity contribution < 1.29 is 24.5 Å². The fourth-order valence-electron chi connectivity index (χ4n) is 12.9. The number of amides is 1. The number of allylic oxidation sites excluding steroid dienone is 3. The zero-order valence-electron chi connectivity index (χ0n) is 59.3. The topological polar surface area (TPSA) is 95.9 Å². The molecule has 1 amide bonds. The quantitative estimate of drug-likeness (QED) is 0.0320. The van der Waals surface area contributed by atoms with E-state index in [-0.39, 0.29) is 18.5 Å². The molecule has 0 aliphatic heterocycles. The molecule has 0 aromatic carbocycles. The van der Waals surface area contributed by atoms with Crippen LogP contribution in [0.3, 0.4) is 0 Å². The predicted octanol–water partition coefficient (Wildman–Crippen LogP) is 26.4. The molecule has 2 atom stereocenters. The first kappa shape index (κ1) is 85.3. The van der Waals surface area contributed by atoms with E-state index in [0.29, 0.717) is 19.4 Å². The summed E-state index contributed by atoms with van der Waals surface area (Å²) < 4.78 is 5.50. The van der Waals surface area contributed by atoms with Crippen molar-refractivity contribution in [2.45, 2.75) is 469 Å². The molecule has 87 heavy (non-hydrogen) atoms. The summed E-state index contributed by atoms with van der Waals surface area (Å²) in [5.74, 6) is -0.0432. The Bertz CT molecular complexity index is 1360. The average Bonchev–Trinajstić information content (AvgIpc) is 3.55. The van der Waals surface area contributed by atoms with E-state index in [2.05, 4.69) is 31.3 Å². The fraction of sp³-hybridized carbons (Fsp3) is 0.926. The number of ether oxygens (including phenoxy) is 1. The summed E-state index contributed by atoms with van der Waals surface area (Å²) in [6, 6.07) is -0.625. The summed E-state index contributed by atoms with van der Waals surface area (Å²) in [6.07, 6.45) is 98.8. The van der Waals surface area contributed by atoms with Crippen molar-refractivity contribution in [2.75, 3.05) is 13.2 Å². The maximum Gasteiger partial charge on any atom is 0.305 e. The molecule has 0 heterocycles. The average molecular weight is 1230 g/mol. The van der Waals surface area contributed by atoms with Gasteiger partial charge in [-0.3, -0.25) is 9.59 Å². The van der Waals surface area contributed by atoms with Gasteiger partial charge in [-0.1, -0.05) is 411 Å². The summed E-state index contributed by atoms with van der Waals surface area (Å²) in [6.45, 7) is 4.95. The number of aliphatic hydroxyl groups is 2. The SMILES string of the molecule is CCCCCCCCC/C=C\CCCCCCCC(=O)OCCCCCCCCCCCCCCCCCCCCCCCCCCCCCCCCCCCC(=O)NC(CO)C(O)/C=C/CCCCCCCCCCCCCCCCCCCCC. The van der Waals surface area contributed by atoms with Gasteiger partial charge in [-0.2, -0.15) is 0 Å². The summed E-state index contributed by atoms with van der Waals surface area (Å²) in [5.41, 5.74) is 0. The molecule has 0 aromatic rings. The Morgan fingerprint density at radius 3 is 0.816 bits per heavy atom. The highest BCUT2D eigenvalue weighted by Crippen LogP contribution is 2.20. The highest BCUT2D eigenvalue weighted by molar-refractivity contribution is 5.76. The van der Waals surface area contributed by atoms with Crippen molar-refractivity contribution in [2.24, 2.45) is 0 Å². The van der Waals surface area contributed by atoms with Crippen molar-refractivity contribution in [3.05, 3.63) is 24.3 Å². The lowest BCUT2D eigenvalue weighted by Gasteiger charge is -2.20. The standard InChI is InChI=1S/C81H157NO5/c1-3-5-7-9-11-13-15-17-19-21-22-36-39-42-45-49-53-57-61-65-69-73-79(84)78(77-83)82-80(85)74-70-66-62-58-54-50-46-43-40-37-34-32-30-28-26-24-23-25-27-29-31-33-35-38-41-44-48-52-56-60-64-68-72-76-87-81(86)75-71-67-63-59-55-51-47-20-18-16-14-12-10-8-6-4-2/h20,47,69,73,78-79,83-84H,3-19,21-46,48-68,70-72,74-77H2,1-2H3,(H,82,85)/b47-20-,73-69+. The number of unbranched alkanes of at least 4 members (excludes halogenated alkanes) is 63. The number of carbonyl (C=O) groups is 2. The third-order valence-corrected chi connectivity index (χ3v) is 19.0. The Kier molecular flexibility index (Phi) is 75.3. The number of hydrogen-bond donors (Lipinski definition) is 3. The highest BCUT2D eigenvalue weighted by atomic mass is 16.5. The second-order valence-corrected chi connectivity index (χ2v) is 27.8. The lowest BCUT2D eigenvalue weighted by Crippen LogP contribution is -2.45. The van der Waals surface area contributed by atoms with Gasteiger partial charge in [-0.05, 0) is 57.8 Å². The normalized spacial score (nSPS) is 12.6. The van der Waals surface area contributed by atoms with Crippen LogP contribution in [0.4, 0.5) is 0 Å². The third kappa shape index (κ3) is 73.3. The van der Waals surface area contributed by atoms with Crippen LogP contribution in [0.5, 0.6) is 0 Å². The molecular formula is C81H157NO5. The van der Waals surface area contributed by atoms with Gasteiger partial charge in [-0.25, -0.2) is 0 Å². The molecule has 6 nitrogen and oxygen atoms in total. The Morgan fingerprint density at radius 1 is 0.310 bits per heavy atom. The second kappa shape index (κ2) is 76.8. The van der Waals surface area contributed by atoms with Crippen molar-refractivity contribution in [3.63, 3.8) is 0 Å². The summed E-state index contributed by atoms with van der Waals surface area (Å²) in [7, 11) is 0. The molecule has 2 unspecified atom stereocenters. The number of nitrogens with one attached hydrogen (secondary N) is 1. The highest BCUT2D eigenvalue weighted by Gasteiger charge is 2.18. The minimum Gasteiger partial charge on any atom is -0.466 e. The van der Waals surface area contributed by atoms with Crippen molar-refractivity contribution in [3.8, 4) is 0 Å². The van der Waals surface area contributed by atoms with Gasteiger partial charge in [0.15, 0.2) is 0 Å². The first-order valence-electron chi connectivity index (χ1n) is 40.1. The van der Waals surface area contributed by atoms with Gasteiger partial charge < -0.3 is 20.3 Å². The maximum absolute atomic E-state index is 12.5. The lowest BCUT2D eigenvalue weighted by molar-refractivity contribution is -0.143. The van der Waals surface area contributed by atoms with Crippen LogP contribution in [-0.2, 0) is 14.3 Å². The number of rotatable bonds is 76. The van der Waals surface area contributed by atoms with Gasteiger partial charge in [0.1, 0.15) is 0 Å². The first-order valence-corrected chi connectivity index (χ1v) is 40.1. The third-order valence-electron chi connectivity index (χ3n) is 19.0. The van der Waals surface area contributed by atoms with Crippen molar-refractivity contribution >= 4 is 11.9 Å². The monoisotopic (exact) mass is 1220 g/mol. The van der Waals surface area contributed by atoms with Gasteiger partial charge >= 0.3 is 5.97 Å². The van der Waals surface area contributed by atoms with Crippen LogP contribution in [0, 0.1) is 0 Å². The molecule has 0 spiro atoms. The summed E-state index contributed by atoms with van der Waals surface area (Å²) in [4.78, 5) is 24.6. The number of hydrogen-bond acceptors (Lipinski definition) is 5. The van der Waals surface area contributed by atoms with Crippen molar-refractivity contribution in [1.82, 2.24) is 5.32 Å². The van der Waals surface area contributed by atoms with E-state index in [1.807, 2.05) is 6.08 Å². The number of esters is 1. The van der Waals surface area contributed by atoms with Gasteiger partial charge in [-0.15, -0.1) is 0 Å². The smallest absolute Gasteiger partial charge is 0.305 e. The summed E-state index contributed by atoms with van der Waals surface area (Å²) >= 11 is 0. The minimum absolute atomic E-state index is 0.0151. The molecule has 0 aliphatic carbocycles. The molecule has 0 saturated carbocycles. The molecule has 0 fully saturated rings. The van der Waals surface area contributed by atoms with E-state index < -0.39 is 12.1 Å². The van der Waals surface area contributed by atoms with E-state index in [1.54, 1.807) is 6.08 Å². The van der Waals surface area contributed by atoms with Crippen LogP contribution in [-0.4, -0.2) is 47.4 Å². The van der Waals surface area contributed by atoms with Gasteiger partial charge in [0.2, 0.25) is 5.91 Å². The molecular weight excluding hydrogens is 1070 g/mol. The van der Waals surface area contributed by atoms with E-state index in [0.717, 1.165) is 44.9 Å². The Morgan fingerprint density at radius 2 is 0.540 bits per heavy atom. The molecule has 0 aliphatic rings. The molecule has 3 N–H and O–H groups in total. The molecule has 6 heteroatoms. The van der Waals surface area contributed by atoms with Crippen LogP contribution in [0.25, 0.3) is 0 Å². The molecule has 0 bridgehead atoms. The Balaban J connectivity index is 3.34. The molecule has 0 rings (SSSR count). The van der Waals surface area contributed by atoms with Gasteiger partial charge in [0.25, 0.3) is 0 Å². The maximum atomic E-state index is 12.5. The van der Waals surface area contributed by atoms with Crippen LogP contribution in [0.2, 0.25) is 0 Å². The van der Waals surface area contributed by atoms with E-state index in [4.69, 9.17) is 4.74 Å². The minimum atomic E-state index is -0.842. The van der Waals surface area contributed by atoms with Crippen molar-refractivity contribution in [1.29, 1.82) is 0 Å². The largest absolute Gasteiger partial charge is 0.466 e. The molecule has 0 aromatic heterocycles.